The number of hydrogen-bond acceptors (Lipinski definition) is 6. The quantitative estimate of drug-likeness (QED) is 0.234. The van der Waals surface area contributed by atoms with Crippen LogP contribution in [0.1, 0.15) is 47.8 Å². The predicted molar refractivity (Wildman–Crippen MR) is 146 cm³/mol. The highest BCUT2D eigenvalue weighted by Gasteiger charge is 2.26. The highest BCUT2D eigenvalue weighted by molar-refractivity contribution is 7.22. The van der Waals surface area contributed by atoms with E-state index in [0.717, 1.165) is 26.9 Å². The fraction of sp³-hybridized carbons (Fsp3) is 0.310. The number of carbonyl (C=O) groups is 1. The molecule has 0 saturated heterocycles. The van der Waals surface area contributed by atoms with Gasteiger partial charge in [-0.1, -0.05) is 53.8 Å². The SMILES string of the molecule is CCOc1cc(C(=O)N(Cc2ccccc2)c2nc3c(C)ccc(C)c3s2)cc(OCC)c1OCC. The van der Waals surface area contributed by atoms with Gasteiger partial charge in [-0.3, -0.25) is 9.69 Å². The van der Waals surface area contributed by atoms with Gasteiger partial charge in [-0.15, -0.1) is 0 Å². The summed E-state index contributed by atoms with van der Waals surface area (Å²) in [5.74, 6) is 1.31. The van der Waals surface area contributed by atoms with Gasteiger partial charge in [0.05, 0.1) is 36.6 Å². The molecule has 0 aliphatic heterocycles. The van der Waals surface area contributed by atoms with Gasteiger partial charge < -0.3 is 14.2 Å². The van der Waals surface area contributed by atoms with E-state index in [0.29, 0.717) is 54.3 Å². The Balaban J connectivity index is 1.84. The van der Waals surface area contributed by atoms with Gasteiger partial charge in [-0.2, -0.15) is 0 Å². The zero-order valence-corrected chi connectivity index (χ0v) is 22.3. The molecule has 1 amide bonds. The summed E-state index contributed by atoms with van der Waals surface area (Å²) in [4.78, 5) is 20.8. The maximum atomic E-state index is 14.1. The van der Waals surface area contributed by atoms with Crippen molar-refractivity contribution >= 4 is 32.6 Å². The van der Waals surface area contributed by atoms with Crippen molar-refractivity contribution in [2.75, 3.05) is 24.7 Å². The van der Waals surface area contributed by atoms with E-state index in [2.05, 4.69) is 19.1 Å². The minimum atomic E-state index is -0.182. The molecule has 3 aromatic carbocycles. The van der Waals surface area contributed by atoms with Crippen LogP contribution >= 0.6 is 11.3 Å². The number of fused-ring (bicyclic) bond motifs is 1. The van der Waals surface area contributed by atoms with Gasteiger partial charge in [0.15, 0.2) is 16.6 Å². The molecule has 1 aromatic heterocycles. The molecule has 188 valence electrons. The van der Waals surface area contributed by atoms with Gasteiger partial charge in [-0.25, -0.2) is 4.98 Å². The van der Waals surface area contributed by atoms with Crippen LogP contribution in [0.25, 0.3) is 10.2 Å². The van der Waals surface area contributed by atoms with Crippen molar-refractivity contribution in [3.63, 3.8) is 0 Å². The van der Waals surface area contributed by atoms with Gasteiger partial charge in [0, 0.05) is 5.56 Å². The number of anilines is 1. The third kappa shape index (κ3) is 5.31. The zero-order chi connectivity index (χ0) is 25.7. The van der Waals surface area contributed by atoms with Crippen LogP contribution in [0.5, 0.6) is 17.2 Å². The van der Waals surface area contributed by atoms with Crippen molar-refractivity contribution in [3.8, 4) is 17.2 Å². The van der Waals surface area contributed by atoms with Crippen LogP contribution < -0.4 is 19.1 Å². The molecule has 0 aliphatic rings. The van der Waals surface area contributed by atoms with Crippen LogP contribution in [-0.4, -0.2) is 30.7 Å². The first-order valence-electron chi connectivity index (χ1n) is 12.3. The summed E-state index contributed by atoms with van der Waals surface area (Å²) in [6.07, 6.45) is 0. The van der Waals surface area contributed by atoms with E-state index in [1.807, 2.05) is 58.0 Å². The number of aryl methyl sites for hydroxylation is 2. The van der Waals surface area contributed by atoms with Gasteiger partial charge in [-0.05, 0) is 63.4 Å². The van der Waals surface area contributed by atoms with Crippen LogP contribution in [0.2, 0.25) is 0 Å². The summed E-state index contributed by atoms with van der Waals surface area (Å²) >= 11 is 1.54. The first kappa shape index (κ1) is 25.5. The number of carbonyl (C=O) groups excluding carboxylic acids is 1. The Kier molecular flexibility index (Phi) is 8.10. The smallest absolute Gasteiger partial charge is 0.260 e. The summed E-state index contributed by atoms with van der Waals surface area (Å²) in [5, 5.41) is 0.654. The van der Waals surface area contributed by atoms with Gasteiger partial charge in [0.25, 0.3) is 5.91 Å². The topological polar surface area (TPSA) is 60.9 Å². The Labute approximate surface area is 216 Å². The molecule has 36 heavy (non-hydrogen) atoms. The fourth-order valence-electron chi connectivity index (χ4n) is 4.02. The number of thiazole rings is 1. The van der Waals surface area contributed by atoms with Crippen LogP contribution in [-0.2, 0) is 6.54 Å². The number of benzene rings is 3. The lowest BCUT2D eigenvalue weighted by Crippen LogP contribution is -2.30. The number of amides is 1. The second-order valence-electron chi connectivity index (χ2n) is 8.35. The van der Waals surface area contributed by atoms with E-state index < -0.39 is 0 Å². The molecule has 4 rings (SSSR count). The molecule has 0 radical (unpaired) electrons. The molecule has 0 spiro atoms. The largest absolute Gasteiger partial charge is 0.490 e. The lowest BCUT2D eigenvalue weighted by Gasteiger charge is -2.22. The highest BCUT2D eigenvalue weighted by atomic mass is 32.1. The van der Waals surface area contributed by atoms with Crippen molar-refractivity contribution in [3.05, 3.63) is 76.9 Å². The van der Waals surface area contributed by atoms with Crippen molar-refractivity contribution < 1.29 is 19.0 Å². The summed E-state index contributed by atoms with van der Waals surface area (Å²) in [5.41, 5.74) is 4.62. The zero-order valence-electron chi connectivity index (χ0n) is 21.5. The van der Waals surface area contributed by atoms with Crippen LogP contribution in [0.4, 0.5) is 5.13 Å². The van der Waals surface area contributed by atoms with E-state index >= 15 is 0 Å². The molecular weight excluding hydrogens is 472 g/mol. The first-order valence-corrected chi connectivity index (χ1v) is 13.1. The minimum absolute atomic E-state index is 0.182. The number of ether oxygens (including phenoxy) is 3. The molecule has 0 aliphatic carbocycles. The standard InChI is InChI=1S/C29H32N2O4S/c1-6-33-23-16-22(17-24(34-7-2)26(23)35-8-3)28(32)31(18-21-12-10-9-11-13-21)29-30-25-19(4)14-15-20(5)27(25)36-29/h9-17H,6-8,18H2,1-5H3. The lowest BCUT2D eigenvalue weighted by atomic mass is 10.1. The van der Waals surface area contributed by atoms with Crippen LogP contribution in [0.15, 0.2) is 54.6 Å². The Bertz CT molecular complexity index is 1280. The third-order valence-electron chi connectivity index (χ3n) is 5.75. The minimum Gasteiger partial charge on any atom is -0.490 e. The average Bonchev–Trinajstić information content (AvgIpc) is 3.34. The van der Waals surface area contributed by atoms with Crippen LogP contribution in [0, 0.1) is 13.8 Å². The van der Waals surface area contributed by atoms with Crippen molar-refractivity contribution in [1.29, 1.82) is 0 Å². The van der Waals surface area contributed by atoms with Crippen molar-refractivity contribution in [1.82, 2.24) is 4.98 Å². The molecule has 0 bridgehead atoms. The molecule has 4 aromatic rings. The normalized spacial score (nSPS) is 10.9. The van der Waals surface area contributed by atoms with E-state index in [1.54, 1.807) is 17.0 Å². The molecule has 7 heteroatoms. The number of nitrogens with zero attached hydrogens (tertiary/aromatic N) is 2. The molecule has 0 saturated carbocycles. The highest BCUT2D eigenvalue weighted by Crippen LogP contribution is 2.40. The van der Waals surface area contributed by atoms with Gasteiger partial charge in [0.2, 0.25) is 5.75 Å². The molecule has 6 nitrogen and oxygen atoms in total. The summed E-state index contributed by atoms with van der Waals surface area (Å²) in [6.45, 7) is 11.5. The Morgan fingerprint density at radius 1 is 0.861 bits per heavy atom. The average molecular weight is 505 g/mol. The molecule has 0 unspecified atom stereocenters. The lowest BCUT2D eigenvalue weighted by molar-refractivity contribution is 0.0984. The fourth-order valence-corrected chi connectivity index (χ4v) is 5.13. The maximum Gasteiger partial charge on any atom is 0.260 e. The second kappa shape index (κ2) is 11.4. The van der Waals surface area contributed by atoms with Crippen molar-refractivity contribution in [2.24, 2.45) is 0 Å². The Hall–Kier alpha value is -3.58. The Morgan fingerprint density at radius 3 is 2.06 bits per heavy atom. The van der Waals surface area contributed by atoms with E-state index in [-0.39, 0.29) is 5.91 Å². The number of aromatic nitrogens is 1. The molecule has 0 N–H and O–H groups in total. The van der Waals surface area contributed by atoms with Crippen LogP contribution in [0.3, 0.4) is 0 Å². The van der Waals surface area contributed by atoms with E-state index in [1.165, 1.54) is 11.3 Å². The molecule has 1 heterocycles. The molecule has 0 fully saturated rings. The van der Waals surface area contributed by atoms with Gasteiger partial charge >= 0.3 is 0 Å². The first-order chi connectivity index (χ1) is 17.5. The molecule has 0 atom stereocenters. The number of rotatable bonds is 10. The monoisotopic (exact) mass is 504 g/mol. The number of hydrogen-bond donors (Lipinski definition) is 0. The summed E-state index contributed by atoms with van der Waals surface area (Å²) in [7, 11) is 0. The van der Waals surface area contributed by atoms with Crippen molar-refractivity contribution in [2.45, 2.75) is 41.2 Å². The maximum absolute atomic E-state index is 14.1. The summed E-state index contributed by atoms with van der Waals surface area (Å²) in [6, 6.07) is 17.6. The Morgan fingerprint density at radius 2 is 1.47 bits per heavy atom. The predicted octanol–water partition coefficient (Wildman–Crippen LogP) is 6.96. The van der Waals surface area contributed by atoms with Gasteiger partial charge in [0.1, 0.15) is 0 Å². The summed E-state index contributed by atoms with van der Waals surface area (Å²) < 4.78 is 18.6. The second-order valence-corrected chi connectivity index (χ2v) is 9.33. The van der Waals surface area contributed by atoms with E-state index in [4.69, 9.17) is 19.2 Å². The van der Waals surface area contributed by atoms with E-state index in [9.17, 15) is 4.79 Å². The third-order valence-corrected chi connectivity index (χ3v) is 6.96. The molecular formula is C29H32N2O4S.